The Kier molecular flexibility index (Phi) is 3.77. The number of fused-ring (bicyclic) bond motifs is 1. The van der Waals surface area contributed by atoms with Crippen molar-refractivity contribution in [1.29, 1.82) is 0 Å². The first-order valence-corrected chi connectivity index (χ1v) is 6.98. The molecule has 1 unspecified atom stereocenters. The molecule has 0 amide bonds. The number of ether oxygens (including phenoxy) is 1. The topological polar surface area (TPSA) is 34.0 Å². The van der Waals surface area contributed by atoms with Crippen molar-refractivity contribution in [1.82, 2.24) is 0 Å². The summed E-state index contributed by atoms with van der Waals surface area (Å²) >= 11 is 0. The van der Waals surface area contributed by atoms with Gasteiger partial charge in [0.1, 0.15) is 17.6 Å². The van der Waals surface area contributed by atoms with Gasteiger partial charge in [0, 0.05) is 6.42 Å². The Morgan fingerprint density at radius 3 is 2.70 bits per heavy atom. The zero-order valence-corrected chi connectivity index (χ0v) is 11.6. The lowest BCUT2D eigenvalue weighted by molar-refractivity contribution is 0.414. The number of aryl methyl sites for hydroxylation is 1. The van der Waals surface area contributed by atoms with Gasteiger partial charge in [-0.05, 0) is 36.6 Å². The molecule has 3 rings (SSSR count). The second kappa shape index (κ2) is 5.87. The minimum atomic E-state index is 0.163. The van der Waals surface area contributed by atoms with Crippen LogP contribution in [0.2, 0.25) is 0 Å². The van der Waals surface area contributed by atoms with E-state index in [9.17, 15) is 0 Å². The maximum absolute atomic E-state index is 5.16. The van der Waals surface area contributed by atoms with Crippen molar-refractivity contribution in [3.63, 3.8) is 0 Å². The summed E-state index contributed by atoms with van der Waals surface area (Å²) in [5.74, 6) is 1.89. The van der Waals surface area contributed by atoms with E-state index in [2.05, 4.69) is 28.2 Å². The van der Waals surface area contributed by atoms with E-state index in [0.717, 1.165) is 36.6 Å². The third-order valence-electron chi connectivity index (χ3n) is 3.55. The van der Waals surface area contributed by atoms with Gasteiger partial charge in [-0.25, -0.2) is 4.99 Å². The number of allylic oxidation sites excluding steroid dienone is 2. The first-order chi connectivity index (χ1) is 9.85. The van der Waals surface area contributed by atoms with Gasteiger partial charge in [-0.1, -0.05) is 30.4 Å². The highest BCUT2D eigenvalue weighted by Crippen LogP contribution is 2.17. The molecule has 0 spiro atoms. The van der Waals surface area contributed by atoms with E-state index in [1.807, 2.05) is 30.4 Å². The van der Waals surface area contributed by atoms with Crippen molar-refractivity contribution >= 4 is 11.5 Å². The molecule has 1 aromatic rings. The van der Waals surface area contributed by atoms with Crippen molar-refractivity contribution in [2.75, 3.05) is 7.11 Å². The van der Waals surface area contributed by atoms with Crippen molar-refractivity contribution in [2.45, 2.75) is 25.3 Å². The van der Waals surface area contributed by atoms with Gasteiger partial charge in [0.15, 0.2) is 0 Å². The molecular weight excluding hydrogens is 248 g/mol. The van der Waals surface area contributed by atoms with Gasteiger partial charge in [0.25, 0.3) is 0 Å². The molecule has 20 heavy (non-hydrogen) atoms. The highest BCUT2D eigenvalue weighted by atomic mass is 16.5. The maximum atomic E-state index is 5.16. The smallest absolute Gasteiger partial charge is 0.124 e. The lowest BCUT2D eigenvalue weighted by atomic mass is 10.1. The Balaban J connectivity index is 1.52. The van der Waals surface area contributed by atoms with Crippen LogP contribution in [0.3, 0.4) is 0 Å². The summed E-state index contributed by atoms with van der Waals surface area (Å²) in [5.41, 5.74) is 2.40. The second-order valence-electron chi connectivity index (χ2n) is 4.97. The van der Waals surface area contributed by atoms with Crippen LogP contribution < -0.4 is 4.74 Å². The van der Waals surface area contributed by atoms with Crippen LogP contribution in [-0.4, -0.2) is 24.7 Å². The lowest BCUT2D eigenvalue weighted by Gasteiger charge is -2.03. The summed E-state index contributed by atoms with van der Waals surface area (Å²) in [5, 5.41) is 0. The molecule has 0 N–H and O–H groups in total. The van der Waals surface area contributed by atoms with Gasteiger partial charge in [0.2, 0.25) is 0 Å². The first kappa shape index (κ1) is 12.9. The average Bonchev–Trinajstić information content (AvgIpc) is 2.90. The van der Waals surface area contributed by atoms with Crippen LogP contribution >= 0.6 is 0 Å². The Morgan fingerprint density at radius 2 is 1.95 bits per heavy atom. The third kappa shape index (κ3) is 2.87. The highest BCUT2D eigenvalue weighted by molar-refractivity contribution is 6.13. The number of methoxy groups -OCH3 is 1. The van der Waals surface area contributed by atoms with E-state index in [1.165, 1.54) is 5.56 Å². The normalized spacial score (nSPS) is 19.6. The number of rotatable bonds is 5. The minimum Gasteiger partial charge on any atom is -0.497 e. The van der Waals surface area contributed by atoms with Gasteiger partial charge < -0.3 is 4.74 Å². The molecule has 1 aromatic carbocycles. The van der Waals surface area contributed by atoms with Crippen LogP contribution in [0.1, 0.15) is 18.4 Å². The molecule has 0 saturated heterocycles. The molecule has 3 nitrogen and oxygen atoms in total. The molecule has 1 aliphatic carbocycles. The van der Waals surface area contributed by atoms with E-state index in [1.54, 1.807) is 7.11 Å². The van der Waals surface area contributed by atoms with Gasteiger partial charge in [-0.2, -0.15) is 0 Å². The predicted molar refractivity (Wildman–Crippen MR) is 82.9 cm³/mol. The molecule has 0 aromatic heterocycles. The quantitative estimate of drug-likeness (QED) is 0.804. The molecule has 0 bridgehead atoms. The Morgan fingerprint density at radius 1 is 1.10 bits per heavy atom. The van der Waals surface area contributed by atoms with Crippen LogP contribution in [0.25, 0.3) is 0 Å². The number of hydrogen-bond acceptors (Lipinski definition) is 3. The average molecular weight is 266 g/mol. The summed E-state index contributed by atoms with van der Waals surface area (Å²) in [4.78, 5) is 9.20. The monoisotopic (exact) mass is 266 g/mol. The van der Waals surface area contributed by atoms with Gasteiger partial charge in [-0.3, -0.25) is 4.99 Å². The maximum Gasteiger partial charge on any atom is 0.124 e. The standard InChI is InChI=1S/C17H18N2O/c1-20-14-11-9-13(10-12-14)5-4-8-17-18-15-6-2-3-7-16(15)19-17/h2-3,6-7,9-12,15H,4-5,8H2,1H3. The fourth-order valence-corrected chi connectivity index (χ4v) is 2.44. The fourth-order valence-electron chi connectivity index (χ4n) is 2.44. The van der Waals surface area contributed by atoms with Crippen molar-refractivity contribution in [2.24, 2.45) is 9.98 Å². The van der Waals surface area contributed by atoms with Crippen molar-refractivity contribution in [3.8, 4) is 5.75 Å². The largest absolute Gasteiger partial charge is 0.497 e. The van der Waals surface area contributed by atoms with Crippen LogP contribution in [0.5, 0.6) is 5.75 Å². The molecule has 1 heterocycles. The summed E-state index contributed by atoms with van der Waals surface area (Å²) in [6, 6.07) is 8.41. The molecular formula is C17H18N2O. The Labute approximate surface area is 119 Å². The van der Waals surface area contributed by atoms with E-state index in [0.29, 0.717) is 0 Å². The number of aliphatic imine (C=N–C) groups is 2. The van der Waals surface area contributed by atoms with Crippen molar-refractivity contribution in [3.05, 3.63) is 54.1 Å². The zero-order valence-electron chi connectivity index (χ0n) is 11.6. The summed E-state index contributed by atoms with van der Waals surface area (Å²) in [7, 11) is 1.69. The SMILES string of the molecule is COc1ccc(CCCC2=NC3C=CC=CC3=N2)cc1. The molecule has 0 fully saturated rings. The summed E-state index contributed by atoms with van der Waals surface area (Å²) in [6.45, 7) is 0. The molecule has 0 radical (unpaired) electrons. The summed E-state index contributed by atoms with van der Waals surface area (Å²) < 4.78 is 5.16. The molecule has 102 valence electrons. The highest BCUT2D eigenvalue weighted by Gasteiger charge is 2.18. The molecule has 3 heteroatoms. The Bertz CT molecular complexity index is 594. The van der Waals surface area contributed by atoms with E-state index in [4.69, 9.17) is 4.74 Å². The lowest BCUT2D eigenvalue weighted by Crippen LogP contribution is -2.11. The molecule has 1 aliphatic heterocycles. The zero-order chi connectivity index (χ0) is 13.8. The van der Waals surface area contributed by atoms with E-state index >= 15 is 0 Å². The van der Waals surface area contributed by atoms with Gasteiger partial charge in [0.05, 0.1) is 12.8 Å². The summed E-state index contributed by atoms with van der Waals surface area (Å²) in [6.07, 6.45) is 11.2. The molecule has 1 atom stereocenters. The van der Waals surface area contributed by atoms with Gasteiger partial charge in [-0.15, -0.1) is 0 Å². The second-order valence-corrected chi connectivity index (χ2v) is 4.97. The minimum absolute atomic E-state index is 0.163. The molecule has 2 aliphatic rings. The van der Waals surface area contributed by atoms with Crippen molar-refractivity contribution < 1.29 is 4.74 Å². The number of amidine groups is 1. The number of hydrogen-bond donors (Lipinski definition) is 0. The van der Waals surface area contributed by atoms with Crippen LogP contribution in [0, 0.1) is 0 Å². The van der Waals surface area contributed by atoms with E-state index < -0.39 is 0 Å². The van der Waals surface area contributed by atoms with Crippen LogP contribution in [0.15, 0.2) is 58.6 Å². The van der Waals surface area contributed by atoms with Gasteiger partial charge >= 0.3 is 0 Å². The number of nitrogens with zero attached hydrogens (tertiary/aromatic N) is 2. The number of benzene rings is 1. The third-order valence-corrected chi connectivity index (χ3v) is 3.55. The molecule has 0 saturated carbocycles. The Hall–Kier alpha value is -2.16. The first-order valence-electron chi connectivity index (χ1n) is 6.98. The van der Waals surface area contributed by atoms with E-state index in [-0.39, 0.29) is 6.04 Å². The van der Waals surface area contributed by atoms with Crippen LogP contribution in [0.4, 0.5) is 0 Å². The van der Waals surface area contributed by atoms with Crippen LogP contribution in [-0.2, 0) is 6.42 Å². The fraction of sp³-hybridized carbons (Fsp3) is 0.294. The predicted octanol–water partition coefficient (Wildman–Crippen LogP) is 3.37.